The van der Waals surface area contributed by atoms with E-state index in [4.69, 9.17) is 4.42 Å². The molecule has 4 aromatic rings. The van der Waals surface area contributed by atoms with Crippen LogP contribution in [0.2, 0.25) is 0 Å². The van der Waals surface area contributed by atoms with Crippen molar-refractivity contribution in [2.75, 3.05) is 5.32 Å². The molecule has 5 heteroatoms. The number of para-hydroxylation sites is 1. The van der Waals surface area contributed by atoms with Gasteiger partial charge in [-0.15, -0.1) is 0 Å². The number of nitrogens with one attached hydrogen (secondary N) is 1. The second-order valence-corrected chi connectivity index (χ2v) is 4.87. The van der Waals surface area contributed by atoms with Crippen LogP contribution in [0, 0.1) is 0 Å². The average molecular weight is 289 g/mol. The van der Waals surface area contributed by atoms with E-state index in [0.29, 0.717) is 22.4 Å². The Labute approximate surface area is 125 Å². The van der Waals surface area contributed by atoms with Gasteiger partial charge in [0.15, 0.2) is 12.0 Å². The predicted molar refractivity (Wildman–Crippen MR) is 83.7 cm³/mol. The molecule has 0 aliphatic rings. The summed E-state index contributed by atoms with van der Waals surface area (Å²) in [6.07, 6.45) is 3.07. The van der Waals surface area contributed by atoms with Crippen LogP contribution in [0.5, 0.6) is 0 Å². The number of nitrogens with zero attached hydrogens (tertiary/aromatic N) is 2. The smallest absolute Gasteiger partial charge is 0.255 e. The van der Waals surface area contributed by atoms with Crippen molar-refractivity contribution in [2.24, 2.45) is 0 Å². The summed E-state index contributed by atoms with van der Waals surface area (Å²) in [6.45, 7) is 0. The molecule has 0 saturated carbocycles. The number of carbonyl (C=O) groups is 1. The first-order valence-electron chi connectivity index (χ1n) is 6.79. The third kappa shape index (κ3) is 2.09. The van der Waals surface area contributed by atoms with Gasteiger partial charge in [0.25, 0.3) is 5.91 Å². The standard InChI is InChI=1S/C17H11N3O2/c21-17(12-6-7-15-14(9-12)19-10-22-15)20-13-5-1-3-11-4-2-8-18-16(11)13/h1-10H,(H,20,21). The molecule has 5 nitrogen and oxygen atoms in total. The third-order valence-corrected chi connectivity index (χ3v) is 3.47. The van der Waals surface area contributed by atoms with Gasteiger partial charge in [0.05, 0.1) is 11.2 Å². The fourth-order valence-electron chi connectivity index (χ4n) is 2.40. The highest BCUT2D eigenvalue weighted by atomic mass is 16.3. The van der Waals surface area contributed by atoms with Crippen molar-refractivity contribution in [1.82, 2.24) is 9.97 Å². The minimum absolute atomic E-state index is 0.206. The van der Waals surface area contributed by atoms with Crippen molar-refractivity contribution in [3.8, 4) is 0 Å². The van der Waals surface area contributed by atoms with Gasteiger partial charge in [-0.05, 0) is 30.3 Å². The van der Waals surface area contributed by atoms with Crippen molar-refractivity contribution < 1.29 is 9.21 Å². The molecule has 0 saturated heterocycles. The molecule has 2 heterocycles. The highest BCUT2D eigenvalue weighted by Crippen LogP contribution is 2.22. The molecule has 2 aromatic carbocycles. The largest absolute Gasteiger partial charge is 0.443 e. The topological polar surface area (TPSA) is 68.0 Å². The van der Waals surface area contributed by atoms with Gasteiger partial charge in [0, 0.05) is 17.1 Å². The van der Waals surface area contributed by atoms with Gasteiger partial charge in [-0.25, -0.2) is 4.98 Å². The van der Waals surface area contributed by atoms with Crippen molar-refractivity contribution >= 4 is 33.6 Å². The third-order valence-electron chi connectivity index (χ3n) is 3.47. The number of carbonyl (C=O) groups excluding carboxylic acids is 1. The van der Waals surface area contributed by atoms with Gasteiger partial charge in [-0.1, -0.05) is 18.2 Å². The Bertz CT molecular complexity index is 986. The predicted octanol–water partition coefficient (Wildman–Crippen LogP) is 3.63. The maximum atomic E-state index is 12.4. The van der Waals surface area contributed by atoms with E-state index in [1.54, 1.807) is 24.4 Å². The fraction of sp³-hybridized carbons (Fsp3) is 0. The number of rotatable bonds is 2. The van der Waals surface area contributed by atoms with Gasteiger partial charge in [0.1, 0.15) is 5.52 Å². The molecule has 0 spiro atoms. The van der Waals surface area contributed by atoms with E-state index in [-0.39, 0.29) is 5.91 Å². The van der Waals surface area contributed by atoms with E-state index in [0.717, 1.165) is 10.9 Å². The van der Waals surface area contributed by atoms with Crippen LogP contribution in [-0.2, 0) is 0 Å². The first-order chi connectivity index (χ1) is 10.8. The molecule has 0 fully saturated rings. The molecule has 1 amide bonds. The van der Waals surface area contributed by atoms with Crippen LogP contribution in [0.15, 0.2) is 65.5 Å². The zero-order chi connectivity index (χ0) is 14.9. The summed E-state index contributed by atoms with van der Waals surface area (Å²) in [5, 5.41) is 3.88. The maximum absolute atomic E-state index is 12.4. The van der Waals surface area contributed by atoms with Gasteiger partial charge in [-0.2, -0.15) is 0 Å². The molecule has 0 bridgehead atoms. The van der Waals surface area contributed by atoms with E-state index in [9.17, 15) is 4.79 Å². The minimum Gasteiger partial charge on any atom is -0.443 e. The van der Waals surface area contributed by atoms with E-state index in [2.05, 4.69) is 15.3 Å². The SMILES string of the molecule is O=C(Nc1cccc2cccnc12)c1ccc2ocnc2c1. The maximum Gasteiger partial charge on any atom is 0.255 e. The molecule has 0 aliphatic carbocycles. The lowest BCUT2D eigenvalue weighted by molar-refractivity contribution is 0.102. The Morgan fingerprint density at radius 2 is 1.95 bits per heavy atom. The lowest BCUT2D eigenvalue weighted by atomic mass is 10.1. The lowest BCUT2D eigenvalue weighted by Crippen LogP contribution is -2.12. The number of pyridine rings is 1. The van der Waals surface area contributed by atoms with E-state index in [1.165, 1.54) is 6.39 Å². The molecule has 22 heavy (non-hydrogen) atoms. The van der Waals surface area contributed by atoms with Crippen LogP contribution in [0.25, 0.3) is 22.0 Å². The molecule has 2 aromatic heterocycles. The van der Waals surface area contributed by atoms with Crippen molar-refractivity contribution in [2.45, 2.75) is 0 Å². The second kappa shape index (κ2) is 4.96. The number of hydrogen-bond acceptors (Lipinski definition) is 4. The van der Waals surface area contributed by atoms with Crippen molar-refractivity contribution in [3.05, 3.63) is 66.7 Å². The van der Waals surface area contributed by atoms with Crippen LogP contribution in [0.4, 0.5) is 5.69 Å². The molecule has 106 valence electrons. The van der Waals surface area contributed by atoms with E-state index < -0.39 is 0 Å². The zero-order valence-electron chi connectivity index (χ0n) is 11.5. The van der Waals surface area contributed by atoms with E-state index in [1.807, 2.05) is 30.3 Å². The molecule has 4 rings (SSSR count). The number of aromatic nitrogens is 2. The van der Waals surface area contributed by atoms with Crippen molar-refractivity contribution in [1.29, 1.82) is 0 Å². The van der Waals surface area contributed by atoms with Crippen molar-refractivity contribution in [3.63, 3.8) is 0 Å². The molecular formula is C17H11N3O2. The average Bonchev–Trinajstić information content (AvgIpc) is 3.02. The number of fused-ring (bicyclic) bond motifs is 2. The summed E-state index contributed by atoms with van der Waals surface area (Å²) in [4.78, 5) is 20.8. The summed E-state index contributed by atoms with van der Waals surface area (Å²) >= 11 is 0. The molecule has 0 radical (unpaired) electrons. The van der Waals surface area contributed by atoms with Gasteiger partial charge in [-0.3, -0.25) is 9.78 Å². The number of anilines is 1. The highest BCUT2D eigenvalue weighted by Gasteiger charge is 2.10. The Kier molecular flexibility index (Phi) is 2.83. The second-order valence-electron chi connectivity index (χ2n) is 4.87. The molecular weight excluding hydrogens is 278 g/mol. The summed E-state index contributed by atoms with van der Waals surface area (Å²) in [5.74, 6) is -0.206. The molecule has 0 aliphatic heterocycles. The summed E-state index contributed by atoms with van der Waals surface area (Å²) < 4.78 is 5.18. The quantitative estimate of drug-likeness (QED) is 0.612. The van der Waals surface area contributed by atoms with Crippen LogP contribution in [0.1, 0.15) is 10.4 Å². The van der Waals surface area contributed by atoms with Crippen LogP contribution >= 0.6 is 0 Å². The van der Waals surface area contributed by atoms with Gasteiger partial charge in [0.2, 0.25) is 0 Å². The molecule has 1 N–H and O–H groups in total. The lowest BCUT2D eigenvalue weighted by Gasteiger charge is -2.07. The normalized spacial score (nSPS) is 10.9. The summed E-state index contributed by atoms with van der Waals surface area (Å²) in [6, 6.07) is 14.7. The highest BCUT2D eigenvalue weighted by molar-refractivity contribution is 6.09. The van der Waals surface area contributed by atoms with E-state index >= 15 is 0 Å². The number of amides is 1. The Hall–Kier alpha value is -3.21. The van der Waals surface area contributed by atoms with Gasteiger partial charge >= 0.3 is 0 Å². The van der Waals surface area contributed by atoms with Gasteiger partial charge < -0.3 is 9.73 Å². The van der Waals surface area contributed by atoms with Crippen LogP contribution in [-0.4, -0.2) is 15.9 Å². The molecule has 0 unspecified atom stereocenters. The van der Waals surface area contributed by atoms with Crippen LogP contribution in [0.3, 0.4) is 0 Å². The number of oxazole rings is 1. The number of hydrogen-bond donors (Lipinski definition) is 1. The monoisotopic (exact) mass is 289 g/mol. The summed E-state index contributed by atoms with van der Waals surface area (Å²) in [5.41, 5.74) is 3.28. The summed E-state index contributed by atoms with van der Waals surface area (Å²) in [7, 11) is 0. The number of benzene rings is 2. The Morgan fingerprint density at radius 3 is 2.91 bits per heavy atom. The first kappa shape index (κ1) is 12.5. The first-order valence-corrected chi connectivity index (χ1v) is 6.79. The Morgan fingerprint density at radius 1 is 1.05 bits per heavy atom. The minimum atomic E-state index is -0.206. The zero-order valence-corrected chi connectivity index (χ0v) is 11.5. The fourth-order valence-corrected chi connectivity index (χ4v) is 2.40. The Balaban J connectivity index is 1.71. The van der Waals surface area contributed by atoms with Crippen LogP contribution < -0.4 is 5.32 Å². The molecule has 0 atom stereocenters.